The molecule has 0 aliphatic carbocycles. The SMILES string of the molecule is CC(C)CN(C)CCC(C)(C)N1CCNCC1. The van der Waals surface area contributed by atoms with Crippen LogP contribution in [0.3, 0.4) is 0 Å². The zero-order valence-electron chi connectivity index (χ0n) is 12.4. The van der Waals surface area contributed by atoms with Gasteiger partial charge in [0, 0.05) is 38.3 Å². The summed E-state index contributed by atoms with van der Waals surface area (Å²) in [6, 6.07) is 0. The number of nitrogens with zero attached hydrogens (tertiary/aromatic N) is 2. The van der Waals surface area contributed by atoms with Crippen molar-refractivity contribution >= 4 is 0 Å². The van der Waals surface area contributed by atoms with Gasteiger partial charge in [-0.25, -0.2) is 0 Å². The number of hydrogen-bond acceptors (Lipinski definition) is 3. The summed E-state index contributed by atoms with van der Waals surface area (Å²) in [5.41, 5.74) is 0.341. The molecule has 3 heteroatoms. The van der Waals surface area contributed by atoms with E-state index in [9.17, 15) is 0 Å². The molecule has 0 radical (unpaired) electrons. The van der Waals surface area contributed by atoms with Crippen molar-refractivity contribution in [1.82, 2.24) is 15.1 Å². The average molecular weight is 241 g/mol. The Morgan fingerprint density at radius 2 is 1.82 bits per heavy atom. The van der Waals surface area contributed by atoms with Crippen LogP contribution in [0.4, 0.5) is 0 Å². The van der Waals surface area contributed by atoms with Crippen LogP contribution in [0.25, 0.3) is 0 Å². The number of nitrogens with one attached hydrogen (secondary N) is 1. The highest BCUT2D eigenvalue weighted by Crippen LogP contribution is 2.19. The second-order valence-corrected chi connectivity index (χ2v) is 6.46. The normalized spacial score (nSPS) is 19.2. The van der Waals surface area contributed by atoms with Gasteiger partial charge in [0.15, 0.2) is 0 Å². The average Bonchev–Trinajstić information content (AvgIpc) is 2.27. The molecule has 0 aromatic carbocycles. The molecule has 1 fully saturated rings. The van der Waals surface area contributed by atoms with Crippen LogP contribution in [0.1, 0.15) is 34.1 Å². The topological polar surface area (TPSA) is 18.5 Å². The van der Waals surface area contributed by atoms with Crippen molar-refractivity contribution < 1.29 is 0 Å². The van der Waals surface area contributed by atoms with Crippen LogP contribution < -0.4 is 5.32 Å². The van der Waals surface area contributed by atoms with Crippen LogP contribution in [0.5, 0.6) is 0 Å². The van der Waals surface area contributed by atoms with Gasteiger partial charge in [-0.1, -0.05) is 13.8 Å². The summed E-state index contributed by atoms with van der Waals surface area (Å²) < 4.78 is 0. The summed E-state index contributed by atoms with van der Waals surface area (Å²) >= 11 is 0. The Bertz CT molecular complexity index is 208. The Balaban J connectivity index is 2.32. The molecule has 0 spiro atoms. The fourth-order valence-electron chi connectivity index (χ4n) is 2.61. The van der Waals surface area contributed by atoms with Crippen molar-refractivity contribution in [2.75, 3.05) is 46.3 Å². The quantitative estimate of drug-likeness (QED) is 0.763. The Hall–Kier alpha value is -0.120. The molecule has 3 nitrogen and oxygen atoms in total. The largest absolute Gasteiger partial charge is 0.314 e. The first kappa shape index (κ1) is 14.9. The zero-order chi connectivity index (χ0) is 12.9. The van der Waals surface area contributed by atoms with E-state index >= 15 is 0 Å². The highest BCUT2D eigenvalue weighted by molar-refractivity contribution is 4.85. The van der Waals surface area contributed by atoms with E-state index in [1.807, 2.05) is 0 Å². The van der Waals surface area contributed by atoms with Crippen molar-refractivity contribution in [1.29, 1.82) is 0 Å². The fraction of sp³-hybridized carbons (Fsp3) is 1.00. The maximum absolute atomic E-state index is 3.43. The molecule has 0 amide bonds. The predicted molar refractivity (Wildman–Crippen MR) is 75.5 cm³/mol. The minimum Gasteiger partial charge on any atom is -0.314 e. The van der Waals surface area contributed by atoms with E-state index in [1.165, 1.54) is 32.6 Å². The molecular formula is C14H31N3. The van der Waals surface area contributed by atoms with E-state index in [4.69, 9.17) is 0 Å². The summed E-state index contributed by atoms with van der Waals surface area (Å²) in [5.74, 6) is 0.766. The molecule has 0 aromatic heterocycles. The number of piperazine rings is 1. The van der Waals surface area contributed by atoms with Crippen LogP contribution in [-0.2, 0) is 0 Å². The van der Waals surface area contributed by atoms with Gasteiger partial charge in [0.1, 0.15) is 0 Å². The summed E-state index contributed by atoms with van der Waals surface area (Å²) in [7, 11) is 2.24. The van der Waals surface area contributed by atoms with E-state index in [0.717, 1.165) is 19.0 Å². The highest BCUT2D eigenvalue weighted by Gasteiger charge is 2.27. The molecule has 0 unspecified atom stereocenters. The van der Waals surface area contributed by atoms with Crippen LogP contribution in [-0.4, -0.2) is 61.7 Å². The minimum absolute atomic E-state index is 0.341. The third kappa shape index (κ3) is 5.36. The Labute approximate surface area is 108 Å². The number of hydrogen-bond donors (Lipinski definition) is 1. The molecule has 1 heterocycles. The smallest absolute Gasteiger partial charge is 0.0166 e. The molecule has 1 N–H and O–H groups in total. The lowest BCUT2D eigenvalue weighted by molar-refractivity contribution is 0.0849. The monoisotopic (exact) mass is 241 g/mol. The van der Waals surface area contributed by atoms with Gasteiger partial charge < -0.3 is 10.2 Å². The highest BCUT2D eigenvalue weighted by atomic mass is 15.2. The molecule has 17 heavy (non-hydrogen) atoms. The maximum atomic E-state index is 3.43. The summed E-state index contributed by atoms with van der Waals surface area (Å²) in [6.07, 6.45) is 1.26. The minimum atomic E-state index is 0.341. The van der Waals surface area contributed by atoms with Gasteiger partial charge in [0.25, 0.3) is 0 Å². The van der Waals surface area contributed by atoms with Gasteiger partial charge in [-0.15, -0.1) is 0 Å². The molecule has 1 rings (SSSR count). The van der Waals surface area contributed by atoms with Gasteiger partial charge in [0.2, 0.25) is 0 Å². The molecule has 0 bridgehead atoms. The van der Waals surface area contributed by atoms with Crippen LogP contribution in [0.15, 0.2) is 0 Å². The molecular weight excluding hydrogens is 210 g/mol. The summed E-state index contributed by atoms with van der Waals surface area (Å²) in [4.78, 5) is 5.10. The van der Waals surface area contributed by atoms with Gasteiger partial charge in [-0.3, -0.25) is 4.90 Å². The van der Waals surface area contributed by atoms with Crippen molar-refractivity contribution in [3.05, 3.63) is 0 Å². The molecule has 102 valence electrons. The van der Waals surface area contributed by atoms with Gasteiger partial charge >= 0.3 is 0 Å². The van der Waals surface area contributed by atoms with Crippen molar-refractivity contribution in [3.63, 3.8) is 0 Å². The zero-order valence-corrected chi connectivity index (χ0v) is 12.4. The van der Waals surface area contributed by atoms with Crippen LogP contribution >= 0.6 is 0 Å². The summed E-state index contributed by atoms with van der Waals surface area (Å²) in [6.45, 7) is 16.4. The van der Waals surface area contributed by atoms with E-state index in [2.05, 4.69) is 49.9 Å². The first-order chi connectivity index (χ1) is 7.92. The van der Waals surface area contributed by atoms with Crippen molar-refractivity contribution in [2.24, 2.45) is 5.92 Å². The Kier molecular flexibility index (Phi) is 5.90. The third-order valence-electron chi connectivity index (χ3n) is 3.76. The van der Waals surface area contributed by atoms with E-state index in [0.29, 0.717) is 5.54 Å². The second kappa shape index (κ2) is 6.72. The Morgan fingerprint density at radius 3 is 2.35 bits per heavy atom. The molecule has 1 aliphatic heterocycles. The van der Waals surface area contributed by atoms with Gasteiger partial charge in [0.05, 0.1) is 0 Å². The lowest BCUT2D eigenvalue weighted by Crippen LogP contribution is -2.54. The van der Waals surface area contributed by atoms with Crippen LogP contribution in [0.2, 0.25) is 0 Å². The van der Waals surface area contributed by atoms with E-state index < -0.39 is 0 Å². The second-order valence-electron chi connectivity index (χ2n) is 6.46. The van der Waals surface area contributed by atoms with Gasteiger partial charge in [-0.2, -0.15) is 0 Å². The molecule has 0 atom stereocenters. The molecule has 1 aliphatic rings. The number of rotatable bonds is 6. The van der Waals surface area contributed by atoms with Crippen molar-refractivity contribution in [2.45, 2.75) is 39.7 Å². The molecule has 0 aromatic rings. The standard InChI is InChI=1S/C14H31N3/c1-13(2)12-16(5)9-6-14(3,4)17-10-7-15-8-11-17/h13,15H,6-12H2,1-5H3. The maximum Gasteiger partial charge on any atom is 0.0166 e. The lowest BCUT2D eigenvalue weighted by Gasteiger charge is -2.42. The first-order valence-electron chi connectivity index (χ1n) is 7.06. The Morgan fingerprint density at radius 1 is 1.24 bits per heavy atom. The fourth-order valence-corrected chi connectivity index (χ4v) is 2.61. The van der Waals surface area contributed by atoms with E-state index in [1.54, 1.807) is 0 Å². The van der Waals surface area contributed by atoms with E-state index in [-0.39, 0.29) is 0 Å². The van der Waals surface area contributed by atoms with Gasteiger partial charge in [-0.05, 0) is 39.8 Å². The predicted octanol–water partition coefficient (Wildman–Crippen LogP) is 1.65. The lowest BCUT2D eigenvalue weighted by atomic mass is 9.96. The molecule has 1 saturated heterocycles. The van der Waals surface area contributed by atoms with Crippen molar-refractivity contribution in [3.8, 4) is 0 Å². The first-order valence-corrected chi connectivity index (χ1v) is 7.06. The molecule has 0 saturated carbocycles. The third-order valence-corrected chi connectivity index (χ3v) is 3.76. The summed E-state index contributed by atoms with van der Waals surface area (Å²) in [5, 5.41) is 3.43. The van der Waals surface area contributed by atoms with Crippen LogP contribution in [0, 0.1) is 5.92 Å².